The van der Waals surface area contributed by atoms with E-state index >= 15 is 0 Å². The average Bonchev–Trinajstić information content (AvgIpc) is 2.25. The number of ether oxygens (including phenoxy) is 1. The van der Waals surface area contributed by atoms with E-state index in [0.717, 1.165) is 10.5 Å². The first-order chi connectivity index (χ1) is 7.58. The fraction of sp³-hybridized carbons (Fsp3) is 0.273. The van der Waals surface area contributed by atoms with E-state index < -0.39 is 0 Å². The summed E-state index contributed by atoms with van der Waals surface area (Å²) in [7, 11) is 0. The lowest BCUT2D eigenvalue weighted by Crippen LogP contribution is -1.99. The number of esters is 1. The number of halogens is 1. The van der Waals surface area contributed by atoms with Crippen molar-refractivity contribution in [2.75, 3.05) is 6.26 Å². The van der Waals surface area contributed by atoms with Crippen LogP contribution in [0.15, 0.2) is 17.0 Å². The normalized spacial score (nSPS) is 9.62. The van der Waals surface area contributed by atoms with Gasteiger partial charge in [-0.3, -0.25) is 4.79 Å². The first kappa shape index (κ1) is 12.9. The Labute approximate surface area is 103 Å². The van der Waals surface area contributed by atoms with Crippen LogP contribution in [0.4, 0.5) is 0 Å². The van der Waals surface area contributed by atoms with Gasteiger partial charge in [-0.1, -0.05) is 11.6 Å². The second kappa shape index (κ2) is 5.78. The number of carbonyl (C=O) groups excluding carboxylic acids is 1. The van der Waals surface area contributed by atoms with Gasteiger partial charge in [-0.15, -0.1) is 11.8 Å². The molecule has 0 unspecified atom stereocenters. The molecule has 0 bridgehead atoms. The Hall–Kier alpha value is -1.18. The Balaban J connectivity index is 3.02. The van der Waals surface area contributed by atoms with Crippen LogP contribution in [0.5, 0.6) is 0 Å². The van der Waals surface area contributed by atoms with Crippen LogP contribution >= 0.6 is 23.4 Å². The molecule has 1 aromatic carbocycles. The zero-order valence-electron chi connectivity index (χ0n) is 8.91. The third kappa shape index (κ3) is 3.16. The third-order valence-corrected chi connectivity index (χ3v) is 3.13. The summed E-state index contributed by atoms with van der Waals surface area (Å²) in [6, 6.07) is 5.46. The Morgan fingerprint density at radius 1 is 1.62 bits per heavy atom. The highest BCUT2D eigenvalue weighted by Gasteiger charge is 2.09. The molecule has 1 rings (SSSR count). The third-order valence-electron chi connectivity index (χ3n) is 1.87. The van der Waals surface area contributed by atoms with Crippen LogP contribution in [0.3, 0.4) is 0 Å². The van der Waals surface area contributed by atoms with E-state index in [1.54, 1.807) is 12.1 Å². The molecular weight excluding hydrogens is 246 g/mol. The van der Waals surface area contributed by atoms with Gasteiger partial charge in [0.15, 0.2) is 0 Å². The lowest BCUT2D eigenvalue weighted by molar-refractivity contribution is -0.142. The van der Waals surface area contributed by atoms with Crippen LogP contribution in [0.25, 0.3) is 0 Å². The molecule has 0 radical (unpaired) electrons. The number of hydrogen-bond acceptors (Lipinski definition) is 4. The van der Waals surface area contributed by atoms with Crippen molar-refractivity contribution in [1.29, 1.82) is 5.26 Å². The van der Waals surface area contributed by atoms with E-state index in [2.05, 4.69) is 6.07 Å². The van der Waals surface area contributed by atoms with Gasteiger partial charge in [-0.25, -0.2) is 0 Å². The van der Waals surface area contributed by atoms with Crippen LogP contribution < -0.4 is 0 Å². The molecule has 0 N–H and O–H groups in total. The molecule has 5 heteroatoms. The Morgan fingerprint density at radius 3 is 2.81 bits per heavy atom. The number of carbonyl (C=O) groups is 1. The van der Waals surface area contributed by atoms with Crippen molar-refractivity contribution in [3.05, 3.63) is 28.3 Å². The summed E-state index contributed by atoms with van der Waals surface area (Å²) in [6.07, 6.45) is 1.85. The predicted octanol–water partition coefficient (Wildman–Crippen LogP) is 3.00. The van der Waals surface area contributed by atoms with E-state index in [-0.39, 0.29) is 12.6 Å². The van der Waals surface area contributed by atoms with E-state index in [1.165, 1.54) is 18.7 Å². The number of benzene rings is 1. The van der Waals surface area contributed by atoms with Crippen molar-refractivity contribution in [2.24, 2.45) is 0 Å². The fourth-order valence-corrected chi connectivity index (χ4v) is 2.26. The molecule has 0 spiro atoms. The van der Waals surface area contributed by atoms with Gasteiger partial charge in [0.2, 0.25) is 0 Å². The molecule has 84 valence electrons. The van der Waals surface area contributed by atoms with Crippen LogP contribution in [-0.2, 0) is 16.1 Å². The highest BCUT2D eigenvalue weighted by molar-refractivity contribution is 7.98. The fourth-order valence-electron chi connectivity index (χ4n) is 1.21. The lowest BCUT2D eigenvalue weighted by Gasteiger charge is -2.07. The summed E-state index contributed by atoms with van der Waals surface area (Å²) in [5.74, 6) is -0.358. The molecule has 0 aliphatic carbocycles. The van der Waals surface area contributed by atoms with Gasteiger partial charge in [0.25, 0.3) is 0 Å². The van der Waals surface area contributed by atoms with Crippen LogP contribution in [0.2, 0.25) is 5.02 Å². The van der Waals surface area contributed by atoms with E-state index in [0.29, 0.717) is 10.6 Å². The van der Waals surface area contributed by atoms with Crippen molar-refractivity contribution in [3.63, 3.8) is 0 Å². The number of nitriles is 1. The first-order valence-electron chi connectivity index (χ1n) is 4.48. The topological polar surface area (TPSA) is 50.1 Å². The van der Waals surface area contributed by atoms with Crippen molar-refractivity contribution < 1.29 is 9.53 Å². The highest BCUT2D eigenvalue weighted by Crippen LogP contribution is 2.30. The van der Waals surface area contributed by atoms with Gasteiger partial charge in [0, 0.05) is 11.8 Å². The van der Waals surface area contributed by atoms with Gasteiger partial charge in [0.05, 0.1) is 10.6 Å². The first-order valence-corrected chi connectivity index (χ1v) is 6.08. The molecular formula is C11H10ClNO2S. The Bertz CT molecular complexity index is 454. The SMILES string of the molecule is CSc1c(Cl)cc(COC(C)=O)cc1C#N. The quantitative estimate of drug-likeness (QED) is 0.615. The molecule has 3 nitrogen and oxygen atoms in total. The van der Waals surface area contributed by atoms with Crippen molar-refractivity contribution in [1.82, 2.24) is 0 Å². The summed E-state index contributed by atoms with van der Waals surface area (Å²) in [6.45, 7) is 1.47. The molecule has 0 aromatic heterocycles. The maximum absolute atomic E-state index is 10.7. The van der Waals surface area contributed by atoms with Gasteiger partial charge in [-0.05, 0) is 24.0 Å². The maximum atomic E-state index is 10.7. The zero-order chi connectivity index (χ0) is 12.1. The standard InChI is InChI=1S/C11H10ClNO2S/c1-7(14)15-6-8-3-9(5-13)11(16-2)10(12)4-8/h3-4H,6H2,1-2H3. The smallest absolute Gasteiger partial charge is 0.302 e. The van der Waals surface area contributed by atoms with Crippen LogP contribution in [-0.4, -0.2) is 12.2 Å². The monoisotopic (exact) mass is 255 g/mol. The molecule has 0 saturated carbocycles. The van der Waals surface area contributed by atoms with Gasteiger partial charge >= 0.3 is 5.97 Å². The highest BCUT2D eigenvalue weighted by atomic mass is 35.5. The summed E-state index contributed by atoms with van der Waals surface area (Å²) < 4.78 is 4.84. The second-order valence-electron chi connectivity index (χ2n) is 3.05. The molecule has 0 saturated heterocycles. The summed E-state index contributed by atoms with van der Waals surface area (Å²) in [5, 5.41) is 9.45. The number of nitrogens with zero attached hydrogens (tertiary/aromatic N) is 1. The average molecular weight is 256 g/mol. The Kier molecular flexibility index (Phi) is 4.66. The van der Waals surface area contributed by atoms with Crippen molar-refractivity contribution >= 4 is 29.3 Å². The number of hydrogen-bond donors (Lipinski definition) is 0. The molecule has 0 fully saturated rings. The molecule has 1 aromatic rings. The van der Waals surface area contributed by atoms with Gasteiger partial charge in [-0.2, -0.15) is 5.26 Å². The van der Waals surface area contributed by atoms with Crippen LogP contribution in [0.1, 0.15) is 18.1 Å². The predicted molar refractivity (Wildman–Crippen MR) is 63.4 cm³/mol. The zero-order valence-corrected chi connectivity index (χ0v) is 10.5. The minimum atomic E-state index is -0.358. The summed E-state index contributed by atoms with van der Waals surface area (Å²) >= 11 is 7.43. The number of rotatable bonds is 3. The summed E-state index contributed by atoms with van der Waals surface area (Å²) in [4.78, 5) is 11.4. The van der Waals surface area contributed by atoms with Crippen molar-refractivity contribution in [2.45, 2.75) is 18.4 Å². The molecule has 0 heterocycles. The molecule has 16 heavy (non-hydrogen) atoms. The van der Waals surface area contributed by atoms with Crippen LogP contribution in [0, 0.1) is 11.3 Å². The van der Waals surface area contributed by atoms with E-state index in [9.17, 15) is 4.79 Å². The van der Waals surface area contributed by atoms with E-state index in [4.69, 9.17) is 21.6 Å². The van der Waals surface area contributed by atoms with E-state index in [1.807, 2.05) is 6.26 Å². The minimum Gasteiger partial charge on any atom is -0.461 e. The Morgan fingerprint density at radius 2 is 2.31 bits per heavy atom. The minimum absolute atomic E-state index is 0.137. The molecule has 0 aliphatic heterocycles. The summed E-state index contributed by atoms with van der Waals surface area (Å²) in [5.41, 5.74) is 1.22. The van der Waals surface area contributed by atoms with Gasteiger partial charge < -0.3 is 4.74 Å². The second-order valence-corrected chi connectivity index (χ2v) is 4.27. The lowest BCUT2D eigenvalue weighted by atomic mass is 10.1. The van der Waals surface area contributed by atoms with Gasteiger partial charge in [0.1, 0.15) is 12.7 Å². The maximum Gasteiger partial charge on any atom is 0.302 e. The largest absolute Gasteiger partial charge is 0.461 e. The molecule has 0 atom stereocenters. The number of thioether (sulfide) groups is 1. The molecule has 0 amide bonds. The van der Waals surface area contributed by atoms with Crippen molar-refractivity contribution in [3.8, 4) is 6.07 Å². The molecule has 0 aliphatic rings.